The van der Waals surface area contributed by atoms with Gasteiger partial charge in [-0.1, -0.05) is 43.6 Å². The largest absolute Gasteiger partial charge is 0.478 e. The molecule has 0 bridgehead atoms. The van der Waals surface area contributed by atoms with Gasteiger partial charge >= 0.3 is 5.97 Å². The summed E-state index contributed by atoms with van der Waals surface area (Å²) in [4.78, 5) is 11.1. The van der Waals surface area contributed by atoms with Crippen LogP contribution in [0, 0.1) is 0 Å². The van der Waals surface area contributed by atoms with Crippen LogP contribution in [0.25, 0.3) is 11.1 Å². The van der Waals surface area contributed by atoms with E-state index in [1.165, 1.54) is 17.2 Å². The van der Waals surface area contributed by atoms with E-state index >= 15 is 0 Å². The first-order chi connectivity index (χ1) is 9.55. The topological polar surface area (TPSA) is 37.3 Å². The van der Waals surface area contributed by atoms with Crippen molar-refractivity contribution in [2.45, 2.75) is 26.7 Å². The molecule has 0 unspecified atom stereocenters. The number of hydrogen-bond acceptors (Lipinski definition) is 1. The van der Waals surface area contributed by atoms with Crippen LogP contribution in [0.1, 0.15) is 35.3 Å². The van der Waals surface area contributed by atoms with Crippen LogP contribution in [0.4, 0.5) is 0 Å². The second-order valence-electron chi connectivity index (χ2n) is 4.72. The summed E-state index contributed by atoms with van der Waals surface area (Å²) in [5.74, 6) is -0.963. The minimum atomic E-state index is -0.963. The molecule has 1 N–H and O–H groups in total. The highest BCUT2D eigenvalue weighted by Gasteiger charge is 2.09. The minimum Gasteiger partial charge on any atom is -0.478 e. The standard InChI is InChI=1S/C17H17ClO2/c1-3-11-5-6-13(7-12(11)4-2)14-8-15(17(19)20)10-16(18)9-14/h5-10H,3-4H2,1-2H3,(H,19,20). The van der Waals surface area contributed by atoms with Crippen molar-refractivity contribution in [1.82, 2.24) is 0 Å². The van der Waals surface area contributed by atoms with E-state index in [0.717, 1.165) is 24.0 Å². The maximum Gasteiger partial charge on any atom is 0.335 e. The van der Waals surface area contributed by atoms with Gasteiger partial charge in [0.1, 0.15) is 0 Å². The summed E-state index contributed by atoms with van der Waals surface area (Å²) in [6.45, 7) is 4.26. The minimum absolute atomic E-state index is 0.213. The van der Waals surface area contributed by atoms with Gasteiger partial charge < -0.3 is 5.11 Å². The van der Waals surface area contributed by atoms with Gasteiger partial charge in [-0.05, 0) is 53.3 Å². The summed E-state index contributed by atoms with van der Waals surface area (Å²) < 4.78 is 0. The van der Waals surface area contributed by atoms with Gasteiger partial charge in [0.2, 0.25) is 0 Å². The quantitative estimate of drug-likeness (QED) is 0.875. The molecule has 104 valence electrons. The normalized spacial score (nSPS) is 10.6. The number of aromatic carboxylic acids is 1. The summed E-state index contributed by atoms with van der Waals surface area (Å²) in [5, 5.41) is 9.55. The molecule has 0 aliphatic rings. The Hall–Kier alpha value is -1.80. The third-order valence-electron chi connectivity index (χ3n) is 3.45. The van der Waals surface area contributed by atoms with Gasteiger partial charge in [0, 0.05) is 5.02 Å². The molecule has 0 atom stereocenters. The SMILES string of the molecule is CCc1ccc(-c2cc(Cl)cc(C(=O)O)c2)cc1CC. The van der Waals surface area contributed by atoms with Crippen molar-refractivity contribution in [3.05, 3.63) is 58.1 Å². The van der Waals surface area contributed by atoms with Crippen molar-refractivity contribution in [3.8, 4) is 11.1 Å². The third-order valence-corrected chi connectivity index (χ3v) is 3.66. The van der Waals surface area contributed by atoms with Gasteiger partial charge in [-0.2, -0.15) is 0 Å². The zero-order chi connectivity index (χ0) is 14.7. The van der Waals surface area contributed by atoms with Gasteiger partial charge in [-0.15, -0.1) is 0 Å². The Bertz CT molecular complexity index is 647. The molecule has 0 saturated heterocycles. The Labute approximate surface area is 124 Å². The van der Waals surface area contributed by atoms with Crippen molar-refractivity contribution < 1.29 is 9.90 Å². The molecule has 2 rings (SSSR count). The first-order valence-electron chi connectivity index (χ1n) is 6.71. The zero-order valence-corrected chi connectivity index (χ0v) is 12.4. The number of halogens is 1. The van der Waals surface area contributed by atoms with E-state index in [1.54, 1.807) is 12.1 Å². The van der Waals surface area contributed by atoms with Crippen molar-refractivity contribution in [1.29, 1.82) is 0 Å². The fourth-order valence-electron chi connectivity index (χ4n) is 2.36. The Kier molecular flexibility index (Phi) is 4.46. The average Bonchev–Trinajstić information content (AvgIpc) is 2.45. The van der Waals surface area contributed by atoms with Gasteiger partial charge in [0.25, 0.3) is 0 Å². The molecule has 3 heteroatoms. The van der Waals surface area contributed by atoms with E-state index in [1.807, 2.05) is 6.07 Å². The van der Waals surface area contributed by atoms with Crippen molar-refractivity contribution >= 4 is 17.6 Å². The van der Waals surface area contributed by atoms with Gasteiger partial charge in [0.15, 0.2) is 0 Å². The molecule has 0 spiro atoms. The lowest BCUT2D eigenvalue weighted by Gasteiger charge is -2.10. The van der Waals surface area contributed by atoms with Crippen molar-refractivity contribution in [2.24, 2.45) is 0 Å². The Morgan fingerprint density at radius 3 is 2.30 bits per heavy atom. The molecule has 0 saturated carbocycles. The number of rotatable bonds is 4. The van der Waals surface area contributed by atoms with E-state index < -0.39 is 5.97 Å². The van der Waals surface area contributed by atoms with Crippen LogP contribution in [-0.2, 0) is 12.8 Å². The van der Waals surface area contributed by atoms with Crippen LogP contribution in [0.5, 0.6) is 0 Å². The molecule has 0 aliphatic carbocycles. The molecular formula is C17H17ClO2. The van der Waals surface area contributed by atoms with Crippen LogP contribution in [0.2, 0.25) is 5.02 Å². The molecule has 20 heavy (non-hydrogen) atoms. The van der Waals surface area contributed by atoms with Crippen molar-refractivity contribution in [3.63, 3.8) is 0 Å². The molecular weight excluding hydrogens is 272 g/mol. The summed E-state index contributed by atoms with van der Waals surface area (Å²) >= 11 is 6.01. The number of benzene rings is 2. The van der Waals surface area contributed by atoms with Crippen LogP contribution in [0.15, 0.2) is 36.4 Å². The average molecular weight is 289 g/mol. The van der Waals surface area contributed by atoms with E-state index in [-0.39, 0.29) is 5.56 Å². The fourth-order valence-corrected chi connectivity index (χ4v) is 2.59. The smallest absolute Gasteiger partial charge is 0.335 e. The van der Waals surface area contributed by atoms with Crippen LogP contribution >= 0.6 is 11.6 Å². The fraction of sp³-hybridized carbons (Fsp3) is 0.235. The summed E-state index contributed by atoms with van der Waals surface area (Å²) in [6.07, 6.45) is 1.96. The highest BCUT2D eigenvalue weighted by atomic mass is 35.5. The van der Waals surface area contributed by atoms with Crippen LogP contribution < -0.4 is 0 Å². The zero-order valence-electron chi connectivity index (χ0n) is 11.6. The Balaban J connectivity index is 2.53. The van der Waals surface area contributed by atoms with E-state index in [0.29, 0.717) is 5.02 Å². The molecule has 2 aromatic carbocycles. The second-order valence-corrected chi connectivity index (χ2v) is 5.16. The Morgan fingerprint density at radius 2 is 1.70 bits per heavy atom. The molecule has 0 amide bonds. The number of aryl methyl sites for hydroxylation is 2. The summed E-state index contributed by atoms with van der Waals surface area (Å²) in [6, 6.07) is 11.2. The monoisotopic (exact) mass is 288 g/mol. The predicted octanol–water partition coefficient (Wildman–Crippen LogP) is 4.83. The van der Waals surface area contributed by atoms with Crippen molar-refractivity contribution in [2.75, 3.05) is 0 Å². The molecule has 0 aromatic heterocycles. The number of carboxylic acids is 1. The highest BCUT2D eigenvalue weighted by molar-refractivity contribution is 6.31. The molecule has 0 fully saturated rings. The first kappa shape index (κ1) is 14.6. The number of carbonyl (C=O) groups is 1. The van der Waals surface area contributed by atoms with E-state index in [4.69, 9.17) is 16.7 Å². The number of hydrogen-bond donors (Lipinski definition) is 1. The lowest BCUT2D eigenvalue weighted by atomic mass is 9.96. The van der Waals surface area contributed by atoms with Crippen LogP contribution in [0.3, 0.4) is 0 Å². The van der Waals surface area contributed by atoms with E-state index in [9.17, 15) is 4.79 Å². The third kappa shape index (κ3) is 3.02. The lowest BCUT2D eigenvalue weighted by molar-refractivity contribution is 0.0697. The van der Waals surface area contributed by atoms with Gasteiger partial charge in [-0.3, -0.25) is 0 Å². The van der Waals surface area contributed by atoms with Crippen LogP contribution in [-0.4, -0.2) is 11.1 Å². The maximum atomic E-state index is 11.1. The van der Waals surface area contributed by atoms with Gasteiger partial charge in [-0.25, -0.2) is 4.79 Å². The molecule has 0 radical (unpaired) electrons. The van der Waals surface area contributed by atoms with E-state index in [2.05, 4.69) is 26.0 Å². The lowest BCUT2D eigenvalue weighted by Crippen LogP contribution is -1.97. The molecule has 0 heterocycles. The molecule has 2 aromatic rings. The van der Waals surface area contributed by atoms with Gasteiger partial charge in [0.05, 0.1) is 5.56 Å². The first-order valence-corrected chi connectivity index (χ1v) is 7.09. The summed E-state index contributed by atoms with van der Waals surface area (Å²) in [7, 11) is 0. The molecule has 0 aliphatic heterocycles. The molecule has 2 nitrogen and oxygen atoms in total. The second kappa shape index (κ2) is 6.10. The number of carboxylic acid groups (broad SMARTS) is 1. The highest BCUT2D eigenvalue weighted by Crippen LogP contribution is 2.27. The maximum absolute atomic E-state index is 11.1. The summed E-state index contributed by atoms with van der Waals surface area (Å²) in [5.41, 5.74) is 4.68. The Morgan fingerprint density at radius 1 is 1.00 bits per heavy atom. The predicted molar refractivity (Wildman–Crippen MR) is 82.6 cm³/mol.